The number of anilines is 1. The van der Waals surface area contributed by atoms with E-state index in [4.69, 9.17) is 9.47 Å². The number of imidazole rings is 1. The predicted molar refractivity (Wildman–Crippen MR) is 128 cm³/mol. The van der Waals surface area contributed by atoms with Gasteiger partial charge < -0.3 is 30.0 Å². The molecule has 3 N–H and O–H groups in total. The Morgan fingerprint density at radius 1 is 1.20 bits per heavy atom. The Hall–Kier alpha value is -3.99. The average molecular weight is 481 g/mol. The second-order valence-corrected chi connectivity index (χ2v) is 8.29. The fraction of sp³-hybridized carbons (Fsp3) is 0.375. The lowest BCUT2D eigenvalue weighted by atomic mass is 10.1. The minimum atomic E-state index is -0.773. The fourth-order valence-corrected chi connectivity index (χ4v) is 3.93. The van der Waals surface area contributed by atoms with E-state index in [0.717, 1.165) is 16.8 Å². The van der Waals surface area contributed by atoms with Gasteiger partial charge in [0.1, 0.15) is 11.9 Å². The summed E-state index contributed by atoms with van der Waals surface area (Å²) in [5.74, 6) is -0.395. The molecule has 2 aromatic heterocycles. The molecule has 11 heteroatoms. The van der Waals surface area contributed by atoms with Gasteiger partial charge in [-0.1, -0.05) is 0 Å². The maximum atomic E-state index is 13.0. The highest BCUT2D eigenvalue weighted by Gasteiger charge is 2.31. The molecule has 2 amide bonds. The second-order valence-electron chi connectivity index (χ2n) is 8.29. The van der Waals surface area contributed by atoms with Crippen LogP contribution in [-0.4, -0.2) is 71.0 Å². The third-order valence-corrected chi connectivity index (χ3v) is 5.78. The number of nitrogens with one attached hydrogen (secondary N) is 3. The van der Waals surface area contributed by atoms with Crippen molar-refractivity contribution in [3.63, 3.8) is 0 Å². The van der Waals surface area contributed by atoms with Gasteiger partial charge in [-0.2, -0.15) is 0 Å². The molecule has 0 fully saturated rings. The van der Waals surface area contributed by atoms with Crippen molar-refractivity contribution in [2.24, 2.45) is 0 Å². The molecule has 0 bridgehead atoms. The van der Waals surface area contributed by atoms with Crippen molar-refractivity contribution in [2.75, 3.05) is 32.7 Å². The molecule has 0 aliphatic carbocycles. The van der Waals surface area contributed by atoms with E-state index in [1.54, 1.807) is 30.2 Å². The van der Waals surface area contributed by atoms with E-state index in [-0.39, 0.29) is 31.3 Å². The number of hydrogen-bond acceptors (Lipinski definition) is 8. The summed E-state index contributed by atoms with van der Waals surface area (Å²) in [6, 6.07) is 8.19. The van der Waals surface area contributed by atoms with Crippen molar-refractivity contribution in [3.8, 4) is 0 Å². The quantitative estimate of drug-likeness (QED) is 0.413. The van der Waals surface area contributed by atoms with Gasteiger partial charge in [-0.05, 0) is 42.8 Å². The number of aromatic nitrogens is 3. The fourth-order valence-electron chi connectivity index (χ4n) is 3.93. The molecule has 1 aromatic carbocycles. The van der Waals surface area contributed by atoms with Crippen LogP contribution in [0.1, 0.15) is 33.9 Å². The number of hydrogen-bond donors (Lipinski definition) is 3. The van der Waals surface area contributed by atoms with Crippen LogP contribution in [0.5, 0.6) is 0 Å². The smallest absolute Gasteiger partial charge is 0.308 e. The van der Waals surface area contributed by atoms with Crippen LogP contribution >= 0.6 is 0 Å². The molecule has 1 aliphatic heterocycles. The molecule has 4 rings (SSSR count). The summed E-state index contributed by atoms with van der Waals surface area (Å²) in [5.41, 5.74) is 4.16. The van der Waals surface area contributed by atoms with E-state index in [1.165, 1.54) is 7.11 Å². The molecule has 1 aliphatic rings. The van der Waals surface area contributed by atoms with Crippen molar-refractivity contribution in [1.82, 2.24) is 25.2 Å². The lowest BCUT2D eigenvalue weighted by Crippen LogP contribution is -2.43. The Labute approximate surface area is 202 Å². The Bertz CT molecular complexity index is 1260. The third-order valence-electron chi connectivity index (χ3n) is 5.78. The third kappa shape index (κ3) is 5.57. The van der Waals surface area contributed by atoms with Crippen LogP contribution in [0, 0.1) is 6.92 Å². The van der Waals surface area contributed by atoms with E-state index in [0.29, 0.717) is 35.9 Å². The van der Waals surface area contributed by atoms with E-state index >= 15 is 0 Å². The van der Waals surface area contributed by atoms with Crippen LogP contribution in [0.25, 0.3) is 11.2 Å². The number of methoxy groups -OCH3 is 2. The van der Waals surface area contributed by atoms with Crippen LogP contribution in [0.15, 0.2) is 30.3 Å². The molecule has 0 radical (unpaired) electrons. The topological polar surface area (TPSA) is 139 Å². The number of carbonyl (C=O) groups excluding carboxylic acids is 3. The normalized spacial score (nSPS) is 15.3. The van der Waals surface area contributed by atoms with Crippen molar-refractivity contribution in [2.45, 2.75) is 32.5 Å². The summed E-state index contributed by atoms with van der Waals surface area (Å²) >= 11 is 0. The Morgan fingerprint density at radius 2 is 2.03 bits per heavy atom. The number of benzene rings is 1. The first-order valence-electron chi connectivity index (χ1n) is 11.2. The largest absolute Gasteiger partial charge is 0.469 e. The van der Waals surface area contributed by atoms with E-state index < -0.39 is 12.0 Å². The average Bonchev–Trinajstić information content (AvgIpc) is 3.21. The number of ether oxygens (including phenoxy) is 2. The van der Waals surface area contributed by atoms with E-state index in [2.05, 4.69) is 25.6 Å². The summed E-state index contributed by atoms with van der Waals surface area (Å²) in [7, 11) is 2.84. The molecule has 3 aromatic rings. The Kier molecular flexibility index (Phi) is 7.25. The maximum absolute atomic E-state index is 13.0. The van der Waals surface area contributed by atoms with Crippen LogP contribution in [-0.2, 0) is 32.2 Å². The number of H-pyrrole nitrogens is 1. The minimum absolute atomic E-state index is 0.105. The predicted octanol–water partition coefficient (Wildman–Crippen LogP) is 1.53. The highest BCUT2D eigenvalue weighted by atomic mass is 16.5. The molecule has 1 unspecified atom stereocenters. The Balaban J connectivity index is 1.51. The highest BCUT2D eigenvalue weighted by molar-refractivity contribution is 5.96. The first kappa shape index (κ1) is 24.1. The van der Waals surface area contributed by atoms with Gasteiger partial charge in [0.2, 0.25) is 5.91 Å². The molecule has 1 atom stereocenters. The molecule has 0 saturated carbocycles. The summed E-state index contributed by atoms with van der Waals surface area (Å²) < 4.78 is 9.89. The Morgan fingerprint density at radius 3 is 2.80 bits per heavy atom. The number of aromatic amines is 1. The summed E-state index contributed by atoms with van der Waals surface area (Å²) in [6.45, 7) is 3.08. The van der Waals surface area contributed by atoms with Crippen LogP contribution < -0.4 is 10.6 Å². The molecule has 35 heavy (non-hydrogen) atoms. The van der Waals surface area contributed by atoms with Gasteiger partial charge >= 0.3 is 5.97 Å². The minimum Gasteiger partial charge on any atom is -0.469 e. The number of nitrogens with zero attached hydrogens (tertiary/aromatic N) is 3. The first-order valence-corrected chi connectivity index (χ1v) is 11.2. The van der Waals surface area contributed by atoms with Gasteiger partial charge in [0, 0.05) is 37.1 Å². The van der Waals surface area contributed by atoms with E-state index in [1.807, 2.05) is 19.1 Å². The van der Waals surface area contributed by atoms with E-state index in [9.17, 15) is 14.4 Å². The number of aryl methyl sites for hydroxylation is 1. The summed E-state index contributed by atoms with van der Waals surface area (Å²) in [5, 5.41) is 6.01. The molecule has 11 nitrogen and oxygen atoms in total. The zero-order valence-electron chi connectivity index (χ0n) is 19.9. The number of rotatable bonds is 8. The lowest BCUT2D eigenvalue weighted by Gasteiger charge is -2.23. The van der Waals surface area contributed by atoms with Crippen LogP contribution in [0.4, 0.5) is 5.69 Å². The molecule has 0 spiro atoms. The highest BCUT2D eigenvalue weighted by Crippen LogP contribution is 2.25. The van der Waals surface area contributed by atoms with Gasteiger partial charge in [0.05, 0.1) is 32.2 Å². The SMILES string of the molecule is COCCN1Cc2cc(C(=O)NCc3nc4nc(C)ccc4[nH]3)ccc2NC(CC(=O)OC)C1=O. The molecular formula is C24H28N6O5. The van der Waals surface area contributed by atoms with Gasteiger partial charge in [-0.25, -0.2) is 9.97 Å². The number of amides is 2. The number of fused-ring (bicyclic) bond motifs is 2. The summed E-state index contributed by atoms with van der Waals surface area (Å²) in [6.07, 6.45) is -0.105. The van der Waals surface area contributed by atoms with Crippen LogP contribution in [0.2, 0.25) is 0 Å². The molecular weight excluding hydrogens is 452 g/mol. The van der Waals surface area contributed by atoms with Crippen molar-refractivity contribution in [3.05, 3.63) is 53.0 Å². The maximum Gasteiger partial charge on any atom is 0.308 e. The lowest BCUT2D eigenvalue weighted by molar-refractivity contribution is -0.144. The summed E-state index contributed by atoms with van der Waals surface area (Å²) in [4.78, 5) is 51.3. The number of esters is 1. The zero-order valence-corrected chi connectivity index (χ0v) is 19.9. The molecule has 0 saturated heterocycles. The first-order chi connectivity index (χ1) is 16.9. The van der Waals surface area contributed by atoms with Crippen molar-refractivity contribution >= 4 is 34.6 Å². The van der Waals surface area contributed by atoms with Gasteiger partial charge in [0.25, 0.3) is 5.91 Å². The van der Waals surface area contributed by atoms with Gasteiger partial charge in [-0.3, -0.25) is 14.4 Å². The van der Waals surface area contributed by atoms with Gasteiger partial charge in [0.15, 0.2) is 5.65 Å². The second kappa shape index (κ2) is 10.5. The number of pyridine rings is 1. The van der Waals surface area contributed by atoms with Crippen LogP contribution in [0.3, 0.4) is 0 Å². The monoisotopic (exact) mass is 480 g/mol. The van der Waals surface area contributed by atoms with Gasteiger partial charge in [-0.15, -0.1) is 0 Å². The standard InChI is InChI=1S/C24H28N6O5/c1-14-4-6-18-22(26-14)29-20(28-18)12-25-23(32)15-5-7-17-16(10-15)13-30(8-9-34-2)24(33)19(27-17)11-21(31)35-3/h4-7,10,19,27H,8-9,11-13H2,1-3H3,(H,25,32)(H,26,28,29). The van der Waals surface area contributed by atoms with Crippen molar-refractivity contribution in [1.29, 1.82) is 0 Å². The zero-order chi connectivity index (χ0) is 24.9. The molecule has 184 valence electrons. The van der Waals surface area contributed by atoms with Crippen molar-refractivity contribution < 1.29 is 23.9 Å². The molecule has 3 heterocycles. The number of carbonyl (C=O) groups is 3.